The third-order valence-corrected chi connectivity index (χ3v) is 11.0. The van der Waals surface area contributed by atoms with E-state index in [0.29, 0.717) is 38.3 Å². The zero-order valence-corrected chi connectivity index (χ0v) is 24.4. The van der Waals surface area contributed by atoms with Crippen LogP contribution in [0, 0.1) is 0 Å². The lowest BCUT2D eigenvalue weighted by Gasteiger charge is -2.38. The molecule has 2 aliphatic rings. The molecule has 5 rings (SSSR count). The van der Waals surface area contributed by atoms with E-state index in [1.807, 2.05) is 6.07 Å². The number of aromatic nitrogens is 1. The summed E-state index contributed by atoms with van der Waals surface area (Å²) in [4.78, 5) is 4.61. The summed E-state index contributed by atoms with van der Waals surface area (Å²) in [6, 6.07) is 14.7. The van der Waals surface area contributed by atoms with E-state index in [2.05, 4.69) is 10.3 Å². The molecule has 13 heteroatoms. The zero-order valence-electron chi connectivity index (χ0n) is 22.8. The Bertz CT molecular complexity index is 1570. The molecule has 1 aromatic heterocycles. The first-order chi connectivity index (χ1) is 19.6. The second-order valence-electron chi connectivity index (χ2n) is 10.5. The van der Waals surface area contributed by atoms with E-state index in [1.54, 1.807) is 42.6 Å². The number of nitrogens with one attached hydrogen (secondary N) is 1. The Balaban J connectivity index is 1.09. The average molecular weight is 606 g/mol. The van der Waals surface area contributed by atoms with Crippen molar-refractivity contribution in [1.82, 2.24) is 14.6 Å². The summed E-state index contributed by atoms with van der Waals surface area (Å²) in [5, 5.41) is 14.5. The highest BCUT2D eigenvalue weighted by Crippen LogP contribution is 2.37. The van der Waals surface area contributed by atoms with Crippen molar-refractivity contribution in [3.8, 4) is 5.75 Å². The molecule has 0 unspecified atom stereocenters. The van der Waals surface area contributed by atoms with Crippen molar-refractivity contribution in [2.75, 3.05) is 45.9 Å². The number of hydrogen-bond acceptors (Lipinski definition) is 10. The first-order valence-corrected chi connectivity index (χ1v) is 16.5. The van der Waals surface area contributed by atoms with Crippen molar-refractivity contribution in [1.29, 1.82) is 0 Å². The van der Waals surface area contributed by atoms with Crippen LogP contribution in [0.2, 0.25) is 0 Å². The van der Waals surface area contributed by atoms with E-state index < -0.39 is 37.5 Å². The van der Waals surface area contributed by atoms with Crippen molar-refractivity contribution in [2.45, 2.75) is 46.8 Å². The van der Waals surface area contributed by atoms with Gasteiger partial charge in [-0.1, -0.05) is 12.1 Å². The van der Waals surface area contributed by atoms with Crippen molar-refractivity contribution < 1.29 is 36.2 Å². The Hall–Kier alpha value is -2.65. The number of aliphatic hydroxyl groups is 1. The van der Waals surface area contributed by atoms with Gasteiger partial charge in [-0.25, -0.2) is 16.8 Å². The van der Waals surface area contributed by atoms with Gasteiger partial charge in [0.1, 0.15) is 18.5 Å². The minimum Gasteiger partial charge on any atom is -0.491 e. The van der Waals surface area contributed by atoms with E-state index in [-0.39, 0.29) is 29.0 Å². The third kappa shape index (κ3) is 6.88. The fraction of sp³-hybridized carbons (Fsp3) is 0.464. The summed E-state index contributed by atoms with van der Waals surface area (Å²) in [7, 11) is -5.88. The molecular weight excluding hydrogens is 570 g/mol. The number of fused-ring (bicyclic) bond motifs is 1. The van der Waals surface area contributed by atoms with E-state index in [0.717, 1.165) is 17.3 Å². The van der Waals surface area contributed by atoms with Gasteiger partial charge in [0.25, 0.3) is 0 Å². The SMILES string of the molecule is COCS(=O)(=O)c1cccc(OC[C@@H](O)CN[C@H]2COC3(CCN(S(=O)(=O)c4ccc5ncccc5c4)CC3)C2)c1. The number of rotatable bonds is 11. The molecule has 0 saturated carbocycles. The largest absolute Gasteiger partial charge is 0.491 e. The summed E-state index contributed by atoms with van der Waals surface area (Å²) >= 11 is 0. The fourth-order valence-electron chi connectivity index (χ4n) is 5.36. The molecule has 2 aromatic carbocycles. The van der Waals surface area contributed by atoms with Crippen LogP contribution in [0.5, 0.6) is 5.75 Å². The summed E-state index contributed by atoms with van der Waals surface area (Å²) < 4.78 is 69.1. The Morgan fingerprint density at radius 1 is 1.10 bits per heavy atom. The van der Waals surface area contributed by atoms with Crippen molar-refractivity contribution >= 4 is 30.8 Å². The summed E-state index contributed by atoms with van der Waals surface area (Å²) in [6.45, 7) is 1.46. The Morgan fingerprint density at radius 3 is 2.68 bits per heavy atom. The highest BCUT2D eigenvalue weighted by atomic mass is 32.2. The summed E-state index contributed by atoms with van der Waals surface area (Å²) in [5.41, 5.74) is 0.355. The minimum absolute atomic E-state index is 0.0167. The number of hydrogen-bond donors (Lipinski definition) is 2. The number of ether oxygens (including phenoxy) is 3. The molecule has 2 aliphatic heterocycles. The number of aliphatic hydroxyl groups excluding tert-OH is 1. The second-order valence-corrected chi connectivity index (χ2v) is 14.4. The molecule has 2 N–H and O–H groups in total. The normalized spacial score (nSPS) is 20.4. The van der Waals surface area contributed by atoms with Crippen LogP contribution in [0.1, 0.15) is 19.3 Å². The maximum Gasteiger partial charge on any atom is 0.243 e. The Labute approximate surface area is 240 Å². The molecule has 11 nitrogen and oxygen atoms in total. The van der Waals surface area contributed by atoms with E-state index in [1.165, 1.54) is 23.5 Å². The fourth-order valence-corrected chi connectivity index (χ4v) is 7.86. The van der Waals surface area contributed by atoms with Crippen LogP contribution in [-0.4, -0.2) is 94.9 Å². The lowest BCUT2D eigenvalue weighted by Crippen LogP contribution is -2.47. The smallest absolute Gasteiger partial charge is 0.243 e. The molecule has 0 radical (unpaired) electrons. The van der Waals surface area contributed by atoms with Crippen molar-refractivity contribution in [2.24, 2.45) is 0 Å². The molecule has 2 saturated heterocycles. The number of sulfonamides is 1. The quantitative estimate of drug-likeness (QED) is 0.333. The molecule has 222 valence electrons. The number of pyridine rings is 1. The standard InChI is InChI=1S/C28H35N3O8S2/c1-37-20-40(33,34)25-6-2-5-24(15-25)38-19-23(32)17-30-22-16-28(39-18-22)9-12-31(13-10-28)41(35,36)26-7-8-27-21(14-26)4-3-11-29-27/h2-8,11,14-15,22-23,30,32H,9-10,12-13,16-20H2,1H3/t22-,23+/m1/s1. The average Bonchev–Trinajstić information content (AvgIpc) is 3.37. The second kappa shape index (κ2) is 12.3. The minimum atomic E-state index is -3.63. The van der Waals surface area contributed by atoms with Crippen LogP contribution in [0.3, 0.4) is 0 Å². The van der Waals surface area contributed by atoms with Crippen molar-refractivity contribution in [3.63, 3.8) is 0 Å². The Kier molecular flexibility index (Phi) is 8.95. The van der Waals surface area contributed by atoms with Gasteiger partial charge in [-0.2, -0.15) is 4.31 Å². The first-order valence-electron chi connectivity index (χ1n) is 13.5. The Morgan fingerprint density at radius 2 is 1.90 bits per heavy atom. The van der Waals surface area contributed by atoms with Gasteiger partial charge < -0.3 is 24.6 Å². The summed E-state index contributed by atoms with van der Waals surface area (Å²) in [6.07, 6.45) is 2.76. The number of nitrogens with zero attached hydrogens (tertiary/aromatic N) is 2. The maximum absolute atomic E-state index is 13.3. The highest BCUT2D eigenvalue weighted by Gasteiger charge is 2.44. The van der Waals surface area contributed by atoms with E-state index >= 15 is 0 Å². The van der Waals surface area contributed by atoms with Crippen LogP contribution < -0.4 is 10.1 Å². The van der Waals surface area contributed by atoms with Gasteiger partial charge in [-0.15, -0.1) is 0 Å². The van der Waals surface area contributed by atoms with E-state index in [4.69, 9.17) is 14.2 Å². The molecule has 3 heterocycles. The van der Waals surface area contributed by atoms with Crippen LogP contribution in [-0.2, 0) is 29.3 Å². The predicted molar refractivity (Wildman–Crippen MR) is 152 cm³/mol. The molecular formula is C28H35N3O8S2. The molecule has 0 amide bonds. The van der Waals surface area contributed by atoms with Gasteiger partial charge in [0, 0.05) is 44.4 Å². The maximum atomic E-state index is 13.3. The van der Waals surface area contributed by atoms with Gasteiger partial charge >= 0.3 is 0 Å². The zero-order chi connectivity index (χ0) is 29.1. The summed E-state index contributed by atoms with van der Waals surface area (Å²) in [5.74, 6) is -0.0871. The molecule has 1 spiro atoms. The van der Waals surface area contributed by atoms with E-state index in [9.17, 15) is 21.9 Å². The molecule has 2 atom stereocenters. The third-order valence-electron chi connectivity index (χ3n) is 7.58. The van der Waals surface area contributed by atoms with Gasteiger partial charge in [-0.3, -0.25) is 4.98 Å². The van der Waals surface area contributed by atoms with Gasteiger partial charge in [-0.05, 0) is 61.7 Å². The monoisotopic (exact) mass is 605 g/mol. The van der Waals surface area contributed by atoms with Crippen LogP contribution in [0.4, 0.5) is 0 Å². The van der Waals surface area contributed by atoms with Crippen LogP contribution >= 0.6 is 0 Å². The van der Waals surface area contributed by atoms with Crippen molar-refractivity contribution in [3.05, 3.63) is 60.8 Å². The lowest BCUT2D eigenvalue weighted by molar-refractivity contribution is -0.0312. The molecule has 0 aliphatic carbocycles. The molecule has 2 fully saturated rings. The molecule has 3 aromatic rings. The predicted octanol–water partition coefficient (Wildman–Crippen LogP) is 1.95. The molecule has 0 bridgehead atoms. The van der Waals surface area contributed by atoms with Gasteiger partial charge in [0.05, 0.1) is 27.5 Å². The number of methoxy groups -OCH3 is 1. The topological polar surface area (TPSA) is 144 Å². The van der Waals surface area contributed by atoms with Gasteiger partial charge in [0.15, 0.2) is 5.94 Å². The highest BCUT2D eigenvalue weighted by molar-refractivity contribution is 7.91. The molecule has 41 heavy (non-hydrogen) atoms. The van der Waals surface area contributed by atoms with Crippen LogP contribution in [0.15, 0.2) is 70.6 Å². The van der Waals surface area contributed by atoms with Gasteiger partial charge in [0.2, 0.25) is 19.9 Å². The lowest BCUT2D eigenvalue weighted by atomic mass is 9.88. The number of benzene rings is 2. The number of sulfone groups is 1. The van der Waals surface area contributed by atoms with Crippen LogP contribution in [0.25, 0.3) is 10.9 Å². The number of piperidine rings is 1. The first kappa shape index (κ1) is 29.8.